The van der Waals surface area contributed by atoms with Crippen LogP contribution >= 0.6 is 22.6 Å². The lowest BCUT2D eigenvalue weighted by Crippen LogP contribution is -2.34. The first-order valence-corrected chi connectivity index (χ1v) is 10.0. The molecule has 1 N–H and O–H groups in total. The molecule has 0 saturated carbocycles. The Hall–Kier alpha value is -1.56. The Labute approximate surface area is 164 Å². The number of carbonyl (C=O) groups excluding carboxylic acids is 1. The van der Waals surface area contributed by atoms with Crippen LogP contribution in [0.15, 0.2) is 48.5 Å². The molecule has 0 radical (unpaired) electrons. The predicted molar refractivity (Wildman–Crippen MR) is 112 cm³/mol. The summed E-state index contributed by atoms with van der Waals surface area (Å²) in [6, 6.07) is 16.3. The van der Waals surface area contributed by atoms with E-state index in [0.717, 1.165) is 33.7 Å². The van der Waals surface area contributed by atoms with Crippen LogP contribution in [0.2, 0.25) is 0 Å². The summed E-state index contributed by atoms with van der Waals surface area (Å²) in [6.07, 6.45) is 2.60. The molecule has 2 aromatic rings. The summed E-state index contributed by atoms with van der Waals surface area (Å²) in [5, 5.41) is 3.10. The SMILES string of the molecule is C[C@H]1CCCN(c2ccc([C@@H](C)NC(=O)c3ccccc3I)cc2)C1. The predicted octanol–water partition coefficient (Wildman–Crippen LogP) is 5.02. The van der Waals surface area contributed by atoms with Crippen LogP contribution in [0.1, 0.15) is 48.7 Å². The molecule has 132 valence electrons. The van der Waals surface area contributed by atoms with E-state index < -0.39 is 0 Å². The Bertz CT molecular complexity index is 729. The fourth-order valence-electron chi connectivity index (χ4n) is 3.40. The molecule has 4 heteroatoms. The molecule has 1 amide bonds. The summed E-state index contributed by atoms with van der Waals surface area (Å²) >= 11 is 2.20. The molecule has 1 fully saturated rings. The van der Waals surface area contributed by atoms with Crippen molar-refractivity contribution in [2.24, 2.45) is 5.92 Å². The van der Waals surface area contributed by atoms with Crippen LogP contribution in [0.4, 0.5) is 5.69 Å². The molecule has 1 heterocycles. The third kappa shape index (κ3) is 4.54. The summed E-state index contributed by atoms with van der Waals surface area (Å²) in [4.78, 5) is 14.9. The quantitative estimate of drug-likeness (QED) is 0.667. The summed E-state index contributed by atoms with van der Waals surface area (Å²) < 4.78 is 0.972. The van der Waals surface area contributed by atoms with Gasteiger partial charge in [-0.15, -0.1) is 0 Å². The molecule has 0 bridgehead atoms. The summed E-state index contributed by atoms with van der Waals surface area (Å²) in [6.45, 7) is 6.63. The number of halogens is 1. The van der Waals surface area contributed by atoms with Crippen LogP contribution in [-0.2, 0) is 0 Å². The fourth-order valence-corrected chi connectivity index (χ4v) is 4.03. The summed E-state index contributed by atoms with van der Waals surface area (Å²) in [5.41, 5.74) is 3.15. The number of benzene rings is 2. The molecule has 2 atom stereocenters. The third-order valence-electron chi connectivity index (χ3n) is 4.88. The fraction of sp³-hybridized carbons (Fsp3) is 0.381. The highest BCUT2D eigenvalue weighted by Crippen LogP contribution is 2.25. The van der Waals surface area contributed by atoms with Gasteiger partial charge in [0.2, 0.25) is 0 Å². The highest BCUT2D eigenvalue weighted by molar-refractivity contribution is 14.1. The van der Waals surface area contributed by atoms with Crippen molar-refractivity contribution >= 4 is 34.2 Å². The van der Waals surface area contributed by atoms with Crippen molar-refractivity contribution in [3.05, 3.63) is 63.2 Å². The smallest absolute Gasteiger partial charge is 0.252 e. The van der Waals surface area contributed by atoms with E-state index in [1.54, 1.807) is 0 Å². The average Bonchev–Trinajstić information content (AvgIpc) is 2.62. The van der Waals surface area contributed by atoms with E-state index in [-0.39, 0.29) is 11.9 Å². The highest BCUT2D eigenvalue weighted by atomic mass is 127. The van der Waals surface area contributed by atoms with Crippen LogP contribution in [0, 0.1) is 9.49 Å². The van der Waals surface area contributed by atoms with Gasteiger partial charge in [-0.1, -0.05) is 31.2 Å². The van der Waals surface area contributed by atoms with Gasteiger partial charge >= 0.3 is 0 Å². The monoisotopic (exact) mass is 448 g/mol. The van der Waals surface area contributed by atoms with E-state index in [1.807, 2.05) is 31.2 Å². The largest absolute Gasteiger partial charge is 0.371 e. The van der Waals surface area contributed by atoms with Crippen LogP contribution < -0.4 is 10.2 Å². The second kappa shape index (κ2) is 8.21. The molecule has 0 aromatic heterocycles. The zero-order valence-electron chi connectivity index (χ0n) is 14.8. The second-order valence-electron chi connectivity index (χ2n) is 6.96. The van der Waals surface area contributed by atoms with Crippen molar-refractivity contribution in [2.45, 2.75) is 32.7 Å². The molecule has 2 aromatic carbocycles. The van der Waals surface area contributed by atoms with Crippen molar-refractivity contribution < 1.29 is 4.79 Å². The number of piperidine rings is 1. The van der Waals surface area contributed by atoms with Crippen LogP contribution in [0.3, 0.4) is 0 Å². The van der Waals surface area contributed by atoms with Gasteiger partial charge in [-0.3, -0.25) is 4.79 Å². The topological polar surface area (TPSA) is 32.3 Å². The number of nitrogens with one attached hydrogen (secondary N) is 1. The molecule has 0 spiro atoms. The lowest BCUT2D eigenvalue weighted by atomic mass is 9.99. The maximum Gasteiger partial charge on any atom is 0.252 e. The van der Waals surface area contributed by atoms with Gasteiger partial charge in [0.1, 0.15) is 0 Å². The van der Waals surface area contributed by atoms with E-state index in [4.69, 9.17) is 0 Å². The van der Waals surface area contributed by atoms with Crippen molar-refractivity contribution in [3.63, 3.8) is 0 Å². The van der Waals surface area contributed by atoms with E-state index in [2.05, 4.69) is 64.0 Å². The maximum absolute atomic E-state index is 12.5. The van der Waals surface area contributed by atoms with Gasteiger partial charge < -0.3 is 10.2 Å². The number of hydrogen-bond donors (Lipinski definition) is 1. The normalized spacial score (nSPS) is 18.7. The zero-order valence-corrected chi connectivity index (χ0v) is 17.0. The van der Waals surface area contributed by atoms with Crippen molar-refractivity contribution in [1.82, 2.24) is 5.32 Å². The molecule has 0 unspecified atom stereocenters. The molecule has 1 aliphatic rings. The molecule has 3 nitrogen and oxygen atoms in total. The van der Waals surface area contributed by atoms with Gasteiger partial charge in [0, 0.05) is 22.3 Å². The molecule has 0 aliphatic carbocycles. The lowest BCUT2D eigenvalue weighted by Gasteiger charge is -2.33. The first-order chi connectivity index (χ1) is 12.0. The maximum atomic E-state index is 12.5. The lowest BCUT2D eigenvalue weighted by molar-refractivity contribution is 0.0939. The molecule has 3 rings (SSSR count). The Morgan fingerprint density at radius 2 is 1.92 bits per heavy atom. The number of hydrogen-bond acceptors (Lipinski definition) is 2. The van der Waals surface area contributed by atoms with E-state index in [9.17, 15) is 4.79 Å². The van der Waals surface area contributed by atoms with Crippen LogP contribution in [0.5, 0.6) is 0 Å². The van der Waals surface area contributed by atoms with Gasteiger partial charge in [-0.2, -0.15) is 0 Å². The first-order valence-electron chi connectivity index (χ1n) is 8.95. The Morgan fingerprint density at radius 1 is 1.20 bits per heavy atom. The zero-order chi connectivity index (χ0) is 17.8. The number of anilines is 1. The number of amides is 1. The van der Waals surface area contributed by atoms with Gasteiger partial charge in [-0.05, 0) is 78.1 Å². The number of carbonyl (C=O) groups is 1. The van der Waals surface area contributed by atoms with Crippen molar-refractivity contribution in [2.75, 3.05) is 18.0 Å². The Balaban J connectivity index is 1.65. The van der Waals surface area contributed by atoms with Gasteiger partial charge in [0.15, 0.2) is 0 Å². The summed E-state index contributed by atoms with van der Waals surface area (Å²) in [7, 11) is 0. The van der Waals surface area contributed by atoms with Gasteiger partial charge in [-0.25, -0.2) is 0 Å². The van der Waals surface area contributed by atoms with E-state index >= 15 is 0 Å². The Kier molecular flexibility index (Phi) is 5.99. The van der Waals surface area contributed by atoms with Crippen LogP contribution in [0.25, 0.3) is 0 Å². The summed E-state index contributed by atoms with van der Waals surface area (Å²) in [5.74, 6) is 0.742. The minimum absolute atomic E-state index is 0.0159. The van der Waals surface area contributed by atoms with Gasteiger partial charge in [0.05, 0.1) is 11.6 Å². The molecule has 25 heavy (non-hydrogen) atoms. The standard InChI is InChI=1S/C21H25IN2O/c1-15-6-5-13-24(14-15)18-11-9-17(10-12-18)16(2)23-21(25)19-7-3-4-8-20(19)22/h3-4,7-12,15-16H,5-6,13-14H2,1-2H3,(H,23,25)/t15-,16+/m0/s1. The minimum Gasteiger partial charge on any atom is -0.371 e. The van der Waals surface area contributed by atoms with E-state index in [0.29, 0.717) is 0 Å². The molecular weight excluding hydrogens is 423 g/mol. The molecule has 1 aliphatic heterocycles. The number of nitrogens with zero attached hydrogens (tertiary/aromatic N) is 1. The van der Waals surface area contributed by atoms with Crippen molar-refractivity contribution in [1.29, 1.82) is 0 Å². The van der Waals surface area contributed by atoms with E-state index in [1.165, 1.54) is 18.5 Å². The highest BCUT2D eigenvalue weighted by Gasteiger charge is 2.17. The van der Waals surface area contributed by atoms with Crippen LogP contribution in [-0.4, -0.2) is 19.0 Å². The first kappa shape index (κ1) is 18.2. The second-order valence-corrected chi connectivity index (χ2v) is 8.12. The molecule has 1 saturated heterocycles. The molecular formula is C21H25IN2O. The third-order valence-corrected chi connectivity index (χ3v) is 5.82. The average molecular weight is 448 g/mol. The Morgan fingerprint density at radius 3 is 2.60 bits per heavy atom. The van der Waals surface area contributed by atoms with Crippen molar-refractivity contribution in [3.8, 4) is 0 Å². The van der Waals surface area contributed by atoms with Gasteiger partial charge in [0.25, 0.3) is 5.91 Å². The number of rotatable bonds is 4. The minimum atomic E-state index is -0.0218.